The van der Waals surface area contributed by atoms with Crippen LogP contribution < -0.4 is 4.72 Å². The Kier molecular flexibility index (Phi) is 3.35. The first kappa shape index (κ1) is 12.6. The lowest BCUT2D eigenvalue weighted by Crippen LogP contribution is -2.13. The van der Waals surface area contributed by atoms with Crippen LogP contribution in [0.3, 0.4) is 0 Å². The number of H-pyrrole nitrogens is 1. The number of aliphatic hydroxyl groups excluding tert-OH is 1. The molecule has 1 aromatic carbocycles. The molecule has 6 nitrogen and oxygen atoms in total. The summed E-state index contributed by atoms with van der Waals surface area (Å²) in [6.07, 6.45) is 0.786. The molecule has 2 rings (SSSR count). The van der Waals surface area contributed by atoms with E-state index in [1.807, 2.05) is 0 Å². The fourth-order valence-corrected chi connectivity index (χ4v) is 2.40. The number of hydrogen-bond donors (Lipinski definition) is 3. The monoisotopic (exact) mass is 267 g/mol. The van der Waals surface area contributed by atoms with Crippen LogP contribution in [0.2, 0.25) is 0 Å². The van der Waals surface area contributed by atoms with Crippen LogP contribution in [0.5, 0.6) is 0 Å². The third kappa shape index (κ3) is 2.69. The Morgan fingerprint density at radius 1 is 1.28 bits per heavy atom. The van der Waals surface area contributed by atoms with Crippen LogP contribution >= 0.6 is 0 Å². The van der Waals surface area contributed by atoms with E-state index in [1.54, 1.807) is 31.2 Å². The lowest BCUT2D eigenvalue weighted by molar-refractivity contribution is 0.199. The number of aromatic amines is 1. The van der Waals surface area contributed by atoms with E-state index in [0.717, 1.165) is 5.56 Å². The van der Waals surface area contributed by atoms with E-state index in [2.05, 4.69) is 14.9 Å². The van der Waals surface area contributed by atoms with Gasteiger partial charge in [-0.15, -0.1) is 0 Å². The molecule has 0 bridgehead atoms. The molecular formula is C11H13N3O3S. The van der Waals surface area contributed by atoms with Crippen molar-refractivity contribution in [3.8, 4) is 0 Å². The first-order valence-electron chi connectivity index (χ1n) is 5.29. The van der Waals surface area contributed by atoms with Crippen molar-refractivity contribution in [2.24, 2.45) is 0 Å². The van der Waals surface area contributed by atoms with Gasteiger partial charge in [0.2, 0.25) is 0 Å². The van der Waals surface area contributed by atoms with E-state index in [0.29, 0.717) is 5.69 Å². The molecular weight excluding hydrogens is 254 g/mol. The maximum atomic E-state index is 11.8. The first-order valence-corrected chi connectivity index (χ1v) is 6.77. The second-order valence-corrected chi connectivity index (χ2v) is 5.48. The molecule has 0 aliphatic heterocycles. The van der Waals surface area contributed by atoms with Crippen molar-refractivity contribution in [2.45, 2.75) is 18.1 Å². The molecule has 0 saturated heterocycles. The van der Waals surface area contributed by atoms with E-state index >= 15 is 0 Å². The van der Waals surface area contributed by atoms with Gasteiger partial charge in [-0.1, -0.05) is 12.1 Å². The zero-order chi connectivity index (χ0) is 13.2. The van der Waals surface area contributed by atoms with Gasteiger partial charge >= 0.3 is 0 Å². The van der Waals surface area contributed by atoms with E-state index in [-0.39, 0.29) is 5.03 Å². The van der Waals surface area contributed by atoms with Crippen LogP contribution in [-0.2, 0) is 10.0 Å². The largest absolute Gasteiger partial charge is 0.389 e. The highest BCUT2D eigenvalue weighted by atomic mass is 32.2. The highest BCUT2D eigenvalue weighted by Crippen LogP contribution is 2.18. The Balaban J connectivity index is 2.20. The summed E-state index contributed by atoms with van der Waals surface area (Å²) in [5.41, 5.74) is 1.15. The summed E-state index contributed by atoms with van der Waals surface area (Å²) in [6.45, 7) is 1.64. The smallest absolute Gasteiger partial charge is 0.278 e. The highest BCUT2D eigenvalue weighted by molar-refractivity contribution is 7.92. The molecule has 96 valence electrons. The molecule has 0 aliphatic carbocycles. The second kappa shape index (κ2) is 4.79. The molecule has 0 spiro atoms. The second-order valence-electron chi connectivity index (χ2n) is 3.82. The van der Waals surface area contributed by atoms with E-state index in [1.165, 1.54) is 12.3 Å². The van der Waals surface area contributed by atoms with Gasteiger partial charge in [0.05, 0.1) is 12.3 Å². The molecule has 3 N–H and O–H groups in total. The number of hydrogen-bond acceptors (Lipinski definition) is 4. The number of nitrogens with one attached hydrogen (secondary N) is 2. The summed E-state index contributed by atoms with van der Waals surface area (Å²) < 4.78 is 26.1. The van der Waals surface area contributed by atoms with Crippen LogP contribution in [0.15, 0.2) is 41.6 Å². The van der Waals surface area contributed by atoms with Crippen LogP contribution in [0.25, 0.3) is 0 Å². The quantitative estimate of drug-likeness (QED) is 0.777. The summed E-state index contributed by atoms with van der Waals surface area (Å²) in [4.78, 5) is 0. The number of benzene rings is 1. The fourth-order valence-electron chi connectivity index (χ4n) is 1.43. The molecule has 0 radical (unpaired) electrons. The molecule has 7 heteroatoms. The van der Waals surface area contributed by atoms with E-state index in [9.17, 15) is 13.5 Å². The zero-order valence-electron chi connectivity index (χ0n) is 9.66. The molecule has 2 aromatic rings. The molecule has 0 amide bonds. The average molecular weight is 267 g/mol. The van der Waals surface area contributed by atoms with Gasteiger partial charge < -0.3 is 5.11 Å². The van der Waals surface area contributed by atoms with Crippen LogP contribution in [0.1, 0.15) is 18.6 Å². The van der Waals surface area contributed by atoms with Gasteiger partial charge in [0.25, 0.3) is 10.0 Å². The van der Waals surface area contributed by atoms with Gasteiger partial charge in [-0.25, -0.2) is 0 Å². The molecule has 0 aliphatic rings. The van der Waals surface area contributed by atoms with Gasteiger partial charge in [-0.3, -0.25) is 9.82 Å². The third-order valence-corrected chi connectivity index (χ3v) is 3.72. The highest BCUT2D eigenvalue weighted by Gasteiger charge is 2.15. The Bertz CT molecular complexity index is 603. The maximum Gasteiger partial charge on any atom is 0.278 e. The summed E-state index contributed by atoms with van der Waals surface area (Å²) in [6, 6.07) is 7.88. The van der Waals surface area contributed by atoms with Crippen LogP contribution in [0.4, 0.5) is 5.69 Å². The fraction of sp³-hybridized carbons (Fsp3) is 0.182. The van der Waals surface area contributed by atoms with Gasteiger partial charge in [-0.2, -0.15) is 13.5 Å². The Morgan fingerprint density at radius 3 is 2.44 bits per heavy atom. The topological polar surface area (TPSA) is 95.1 Å². The normalized spacial score (nSPS) is 13.2. The van der Waals surface area contributed by atoms with Crippen LogP contribution in [0, 0.1) is 0 Å². The number of sulfonamides is 1. The van der Waals surface area contributed by atoms with Gasteiger partial charge in [0, 0.05) is 5.69 Å². The summed E-state index contributed by atoms with van der Waals surface area (Å²) in [5.74, 6) is 0. The summed E-state index contributed by atoms with van der Waals surface area (Å²) in [5, 5.41) is 15.3. The van der Waals surface area contributed by atoms with E-state index < -0.39 is 16.1 Å². The number of anilines is 1. The number of rotatable bonds is 4. The average Bonchev–Trinajstić information content (AvgIpc) is 2.83. The minimum atomic E-state index is -3.63. The van der Waals surface area contributed by atoms with Gasteiger partial charge in [-0.05, 0) is 30.7 Å². The van der Waals surface area contributed by atoms with Crippen molar-refractivity contribution < 1.29 is 13.5 Å². The SMILES string of the molecule is CC(O)c1ccc(NS(=O)(=O)c2ccn[nH]2)cc1. The van der Waals surface area contributed by atoms with Crippen molar-refractivity contribution >= 4 is 15.7 Å². The molecule has 1 aromatic heterocycles. The summed E-state index contributed by atoms with van der Waals surface area (Å²) >= 11 is 0. The Morgan fingerprint density at radius 2 is 1.94 bits per heavy atom. The molecule has 1 atom stereocenters. The Hall–Kier alpha value is -1.86. The van der Waals surface area contributed by atoms with E-state index in [4.69, 9.17) is 0 Å². The lowest BCUT2D eigenvalue weighted by Gasteiger charge is -2.08. The third-order valence-electron chi connectivity index (χ3n) is 2.41. The predicted molar refractivity (Wildman–Crippen MR) is 66.5 cm³/mol. The Labute approximate surface area is 105 Å². The predicted octanol–water partition coefficient (Wildman–Crippen LogP) is 1.26. The van der Waals surface area contributed by atoms with Crippen molar-refractivity contribution in [3.05, 3.63) is 42.1 Å². The lowest BCUT2D eigenvalue weighted by atomic mass is 10.1. The number of nitrogens with zero attached hydrogens (tertiary/aromatic N) is 1. The zero-order valence-corrected chi connectivity index (χ0v) is 10.5. The first-order chi connectivity index (χ1) is 8.49. The standard InChI is InChI=1S/C11H13N3O3S/c1-8(15)9-2-4-10(5-3-9)14-18(16,17)11-6-7-12-13-11/h2-8,14-15H,1H3,(H,12,13). The van der Waals surface area contributed by atoms with Crippen LogP contribution in [-0.4, -0.2) is 23.7 Å². The summed E-state index contributed by atoms with van der Waals surface area (Å²) in [7, 11) is -3.63. The maximum absolute atomic E-state index is 11.8. The van der Waals surface area contributed by atoms with Crippen molar-refractivity contribution in [3.63, 3.8) is 0 Å². The minimum Gasteiger partial charge on any atom is -0.389 e. The molecule has 0 fully saturated rings. The molecule has 1 heterocycles. The minimum absolute atomic E-state index is 0.00195. The van der Waals surface area contributed by atoms with Crippen molar-refractivity contribution in [1.82, 2.24) is 10.2 Å². The van der Waals surface area contributed by atoms with Crippen molar-refractivity contribution in [1.29, 1.82) is 0 Å². The molecule has 0 saturated carbocycles. The number of aromatic nitrogens is 2. The van der Waals surface area contributed by atoms with Gasteiger partial charge in [0.15, 0.2) is 5.03 Å². The molecule has 1 unspecified atom stereocenters. The van der Waals surface area contributed by atoms with Gasteiger partial charge in [0.1, 0.15) is 0 Å². The molecule has 18 heavy (non-hydrogen) atoms. The number of aliphatic hydroxyl groups is 1. The van der Waals surface area contributed by atoms with Crippen molar-refractivity contribution in [2.75, 3.05) is 4.72 Å².